The molecule has 2 heterocycles. The van der Waals surface area contributed by atoms with E-state index in [2.05, 4.69) is 21.3 Å². The average Bonchev–Trinajstić information content (AvgIpc) is 2.71. The fourth-order valence-corrected chi connectivity index (χ4v) is 3.97. The summed E-state index contributed by atoms with van der Waals surface area (Å²) in [5.41, 5.74) is 1.24. The Bertz CT molecular complexity index is 603. The number of nitrogens with one attached hydrogen (secondary N) is 1. The lowest BCUT2D eigenvalue weighted by Gasteiger charge is -2.35. The highest BCUT2D eigenvalue weighted by atomic mass is 127. The molecule has 0 aliphatic carbocycles. The number of ether oxygens (including phenoxy) is 2. The first-order valence-electron chi connectivity index (χ1n) is 10.2. The number of hydrogen-bond acceptors (Lipinski definition) is 3. The Labute approximate surface area is 191 Å². The second kappa shape index (κ2) is 12.9. The van der Waals surface area contributed by atoms with Gasteiger partial charge in [0.2, 0.25) is 0 Å². The van der Waals surface area contributed by atoms with Crippen LogP contribution in [0.5, 0.6) is 0 Å². The largest absolute Gasteiger partial charge is 0.376 e. The van der Waals surface area contributed by atoms with Gasteiger partial charge in [0.05, 0.1) is 18.8 Å². The Morgan fingerprint density at radius 2 is 2.11 bits per heavy atom. The highest BCUT2D eigenvalue weighted by Gasteiger charge is 2.23. The minimum atomic E-state index is 0. The zero-order chi connectivity index (χ0) is 18.9. The first-order valence-corrected chi connectivity index (χ1v) is 10.6. The van der Waals surface area contributed by atoms with Gasteiger partial charge in [-0.05, 0) is 56.2 Å². The molecule has 1 unspecified atom stereocenters. The normalized spacial score (nSPS) is 21.3. The smallest absolute Gasteiger partial charge is 0.193 e. The predicted octanol–water partition coefficient (Wildman–Crippen LogP) is 4.13. The van der Waals surface area contributed by atoms with Crippen molar-refractivity contribution in [2.24, 2.45) is 4.99 Å². The van der Waals surface area contributed by atoms with Gasteiger partial charge in [0.15, 0.2) is 5.96 Å². The monoisotopic (exact) mass is 521 g/mol. The topological polar surface area (TPSA) is 46.1 Å². The van der Waals surface area contributed by atoms with Crippen molar-refractivity contribution in [3.63, 3.8) is 0 Å². The van der Waals surface area contributed by atoms with Crippen LogP contribution < -0.4 is 5.32 Å². The average molecular weight is 522 g/mol. The molecule has 1 atom stereocenters. The van der Waals surface area contributed by atoms with E-state index < -0.39 is 0 Å². The van der Waals surface area contributed by atoms with Gasteiger partial charge in [-0.2, -0.15) is 0 Å². The van der Waals surface area contributed by atoms with Crippen LogP contribution in [-0.4, -0.2) is 63.0 Å². The van der Waals surface area contributed by atoms with Gasteiger partial charge < -0.3 is 19.7 Å². The molecule has 7 heteroatoms. The van der Waals surface area contributed by atoms with Crippen molar-refractivity contribution in [1.29, 1.82) is 0 Å². The number of likely N-dealkylation sites (tertiary alicyclic amines) is 1. The van der Waals surface area contributed by atoms with Crippen molar-refractivity contribution in [3.8, 4) is 0 Å². The molecule has 0 spiro atoms. The number of piperidine rings is 1. The molecule has 2 fully saturated rings. The number of guanidine groups is 1. The molecule has 2 saturated heterocycles. The van der Waals surface area contributed by atoms with Gasteiger partial charge in [0, 0.05) is 38.3 Å². The summed E-state index contributed by atoms with van der Waals surface area (Å²) in [4.78, 5) is 6.78. The second-order valence-corrected chi connectivity index (χ2v) is 7.80. The molecule has 28 heavy (non-hydrogen) atoms. The second-order valence-electron chi connectivity index (χ2n) is 7.36. The fourth-order valence-electron chi connectivity index (χ4n) is 3.76. The molecule has 2 aliphatic heterocycles. The maximum absolute atomic E-state index is 6.11. The van der Waals surface area contributed by atoms with E-state index in [1.165, 1.54) is 18.4 Å². The van der Waals surface area contributed by atoms with Gasteiger partial charge in [0.25, 0.3) is 0 Å². The van der Waals surface area contributed by atoms with E-state index in [0.717, 1.165) is 69.5 Å². The molecule has 2 aliphatic rings. The lowest BCUT2D eigenvalue weighted by atomic mass is 10.1. The van der Waals surface area contributed by atoms with Crippen LogP contribution in [0, 0.1) is 0 Å². The molecule has 0 radical (unpaired) electrons. The quantitative estimate of drug-likeness (QED) is 0.347. The van der Waals surface area contributed by atoms with E-state index in [4.69, 9.17) is 21.1 Å². The Kier molecular flexibility index (Phi) is 10.9. The molecule has 1 aromatic rings. The van der Waals surface area contributed by atoms with Crippen molar-refractivity contribution in [3.05, 3.63) is 34.9 Å². The maximum atomic E-state index is 6.11. The summed E-state index contributed by atoms with van der Waals surface area (Å²) in [7, 11) is 1.85. The number of aliphatic imine (C=N–C) groups is 1. The van der Waals surface area contributed by atoms with Gasteiger partial charge in [-0.15, -0.1) is 24.0 Å². The summed E-state index contributed by atoms with van der Waals surface area (Å²) >= 11 is 6.05. The van der Waals surface area contributed by atoms with Crippen molar-refractivity contribution in [1.82, 2.24) is 10.2 Å². The third kappa shape index (κ3) is 7.69. The van der Waals surface area contributed by atoms with E-state index in [1.807, 2.05) is 25.2 Å². The number of benzene rings is 1. The highest BCUT2D eigenvalue weighted by molar-refractivity contribution is 14.0. The Morgan fingerprint density at radius 3 is 2.79 bits per heavy atom. The number of halogens is 2. The van der Waals surface area contributed by atoms with Gasteiger partial charge >= 0.3 is 0 Å². The third-order valence-corrected chi connectivity index (χ3v) is 5.57. The molecule has 0 bridgehead atoms. The van der Waals surface area contributed by atoms with Crippen LogP contribution in [-0.2, 0) is 15.9 Å². The van der Waals surface area contributed by atoms with Crippen LogP contribution in [0.15, 0.2) is 29.3 Å². The van der Waals surface area contributed by atoms with Crippen LogP contribution in [0.4, 0.5) is 0 Å². The molecule has 1 aromatic carbocycles. The van der Waals surface area contributed by atoms with Gasteiger partial charge in [0.1, 0.15) is 0 Å². The van der Waals surface area contributed by atoms with Crippen LogP contribution in [0.3, 0.4) is 0 Å². The lowest BCUT2D eigenvalue weighted by molar-refractivity contribution is -0.0721. The van der Waals surface area contributed by atoms with E-state index in [1.54, 1.807) is 0 Å². The van der Waals surface area contributed by atoms with E-state index in [0.29, 0.717) is 12.2 Å². The minimum absolute atomic E-state index is 0. The predicted molar refractivity (Wildman–Crippen MR) is 126 cm³/mol. The molecule has 3 rings (SSSR count). The van der Waals surface area contributed by atoms with E-state index >= 15 is 0 Å². The van der Waals surface area contributed by atoms with Crippen LogP contribution in [0.25, 0.3) is 0 Å². The van der Waals surface area contributed by atoms with Gasteiger partial charge in [-0.3, -0.25) is 4.99 Å². The maximum Gasteiger partial charge on any atom is 0.193 e. The summed E-state index contributed by atoms with van der Waals surface area (Å²) in [6.07, 6.45) is 7.27. The fraction of sp³-hybridized carbons (Fsp3) is 0.667. The van der Waals surface area contributed by atoms with Crippen molar-refractivity contribution >= 4 is 41.5 Å². The molecule has 1 N–H and O–H groups in total. The third-order valence-electron chi connectivity index (χ3n) is 5.33. The molecule has 0 amide bonds. The van der Waals surface area contributed by atoms with Gasteiger partial charge in [-0.1, -0.05) is 23.7 Å². The van der Waals surface area contributed by atoms with Crippen LogP contribution >= 0.6 is 35.6 Å². The Balaban J connectivity index is 0.00000280. The molecule has 0 aromatic heterocycles. The molecule has 0 saturated carbocycles. The van der Waals surface area contributed by atoms with Crippen LogP contribution in [0.2, 0.25) is 5.02 Å². The standard InChI is InChI=1S/C21H32ClN3O2.HI/c1-23-21(24-11-8-17-5-4-6-18(22)15-17)25-12-9-19(10-13-25)27-16-20-7-2-3-14-26-20;/h4-6,15,19-20H,2-3,7-14,16H2,1H3,(H,23,24);1H. The highest BCUT2D eigenvalue weighted by Crippen LogP contribution is 2.18. The van der Waals surface area contributed by atoms with E-state index in [9.17, 15) is 0 Å². The van der Waals surface area contributed by atoms with Crippen molar-refractivity contribution in [2.75, 3.05) is 39.9 Å². The number of nitrogens with zero attached hydrogens (tertiary/aromatic N) is 2. The zero-order valence-corrected chi connectivity index (χ0v) is 19.8. The lowest BCUT2D eigenvalue weighted by Crippen LogP contribution is -2.47. The first kappa shape index (κ1) is 23.7. The summed E-state index contributed by atoms with van der Waals surface area (Å²) < 4.78 is 11.9. The number of rotatable bonds is 6. The zero-order valence-electron chi connectivity index (χ0n) is 16.7. The first-order chi connectivity index (χ1) is 13.2. The summed E-state index contributed by atoms with van der Waals surface area (Å²) in [6.45, 7) is 4.45. The minimum Gasteiger partial charge on any atom is -0.376 e. The molecule has 158 valence electrons. The molecular weight excluding hydrogens is 489 g/mol. The molecule has 5 nitrogen and oxygen atoms in total. The summed E-state index contributed by atoms with van der Waals surface area (Å²) in [6, 6.07) is 8.03. The molecular formula is C21H33ClIN3O2. The summed E-state index contributed by atoms with van der Waals surface area (Å²) in [5, 5.41) is 4.27. The van der Waals surface area contributed by atoms with Crippen molar-refractivity contribution in [2.45, 2.75) is 50.7 Å². The number of hydrogen-bond donors (Lipinski definition) is 1. The summed E-state index contributed by atoms with van der Waals surface area (Å²) in [5.74, 6) is 0.978. The van der Waals surface area contributed by atoms with Crippen molar-refractivity contribution < 1.29 is 9.47 Å². The Hall–Kier alpha value is -0.570. The SMILES string of the molecule is CN=C(NCCc1cccc(Cl)c1)N1CCC(OCC2CCCCO2)CC1.I. The van der Waals surface area contributed by atoms with Crippen LogP contribution in [0.1, 0.15) is 37.7 Å². The van der Waals surface area contributed by atoms with Gasteiger partial charge in [-0.25, -0.2) is 0 Å². The Morgan fingerprint density at radius 1 is 1.29 bits per heavy atom. The van der Waals surface area contributed by atoms with E-state index in [-0.39, 0.29) is 24.0 Å².